The normalized spacial score (nSPS) is 15.6. The molecule has 35 heavy (non-hydrogen) atoms. The van der Waals surface area contributed by atoms with Gasteiger partial charge in [0.1, 0.15) is 17.6 Å². The molecule has 0 radical (unpaired) electrons. The van der Waals surface area contributed by atoms with Crippen LogP contribution < -0.4 is 16.0 Å². The third-order valence-electron chi connectivity index (χ3n) is 5.78. The molecule has 1 aliphatic rings. The third kappa shape index (κ3) is 6.62. The lowest BCUT2D eigenvalue weighted by Crippen LogP contribution is -2.36. The van der Waals surface area contributed by atoms with Crippen LogP contribution in [-0.4, -0.2) is 45.7 Å². The zero-order valence-corrected chi connectivity index (χ0v) is 20.6. The van der Waals surface area contributed by atoms with Gasteiger partial charge in [0.05, 0.1) is 0 Å². The summed E-state index contributed by atoms with van der Waals surface area (Å²) in [5, 5.41) is 3.43. The number of anilines is 3. The average Bonchev–Trinajstić information content (AvgIpc) is 3.29. The second-order valence-corrected chi connectivity index (χ2v) is 9.84. The van der Waals surface area contributed by atoms with Gasteiger partial charge in [-0.3, -0.25) is 0 Å². The quantitative estimate of drug-likeness (QED) is 0.513. The Bertz CT molecular complexity index is 1080. The van der Waals surface area contributed by atoms with Crippen molar-refractivity contribution in [3.63, 3.8) is 0 Å². The van der Waals surface area contributed by atoms with Crippen molar-refractivity contribution in [3.8, 4) is 0 Å². The molecule has 3 N–H and O–H groups in total. The van der Waals surface area contributed by atoms with Gasteiger partial charge in [-0.05, 0) is 38.3 Å². The molecule has 0 saturated carbocycles. The standard InChI is InChI=1S/C27H34N6O2/c1-27(2,3)35-26(34)32-15-14-22(18-32)31-24-23(28)25(30-19-29-24)33(16-20-10-6-4-7-11-20)17-21-12-8-5-9-13-21/h4-13,19,22H,14-18,28H2,1-3H3,(H,29,30,31)/t22-/m1/s1. The van der Waals surface area contributed by atoms with Crippen molar-refractivity contribution in [2.75, 3.05) is 29.0 Å². The summed E-state index contributed by atoms with van der Waals surface area (Å²) in [6, 6.07) is 20.6. The summed E-state index contributed by atoms with van der Waals surface area (Å²) in [6.45, 7) is 8.09. The third-order valence-corrected chi connectivity index (χ3v) is 5.78. The number of nitrogen functional groups attached to an aromatic ring is 1. The molecule has 1 atom stereocenters. The smallest absolute Gasteiger partial charge is 0.410 e. The monoisotopic (exact) mass is 474 g/mol. The molecular formula is C27H34N6O2. The minimum Gasteiger partial charge on any atom is -0.444 e. The molecule has 3 aromatic rings. The summed E-state index contributed by atoms with van der Waals surface area (Å²) in [6.07, 6.45) is 2.03. The molecule has 0 spiro atoms. The van der Waals surface area contributed by atoms with E-state index in [0.29, 0.717) is 43.5 Å². The molecule has 1 fully saturated rings. The average molecular weight is 475 g/mol. The van der Waals surface area contributed by atoms with Gasteiger partial charge in [0, 0.05) is 32.2 Å². The number of carbonyl (C=O) groups excluding carboxylic acids is 1. The highest BCUT2D eigenvalue weighted by Crippen LogP contribution is 2.30. The Kier molecular flexibility index (Phi) is 7.39. The van der Waals surface area contributed by atoms with Crippen molar-refractivity contribution >= 4 is 23.4 Å². The van der Waals surface area contributed by atoms with Crippen molar-refractivity contribution in [1.29, 1.82) is 0 Å². The molecule has 2 heterocycles. The molecule has 8 nitrogen and oxygen atoms in total. The number of aromatic nitrogens is 2. The van der Waals surface area contributed by atoms with Crippen LogP contribution in [-0.2, 0) is 17.8 Å². The number of likely N-dealkylation sites (tertiary alicyclic amines) is 1. The van der Waals surface area contributed by atoms with Crippen molar-refractivity contribution in [2.45, 2.75) is 51.9 Å². The van der Waals surface area contributed by atoms with E-state index in [2.05, 4.69) is 44.5 Å². The van der Waals surface area contributed by atoms with Crippen molar-refractivity contribution in [1.82, 2.24) is 14.9 Å². The Morgan fingerprint density at radius 3 is 2.23 bits per heavy atom. The highest BCUT2D eigenvalue weighted by Gasteiger charge is 2.30. The minimum atomic E-state index is -0.518. The van der Waals surface area contributed by atoms with Gasteiger partial charge in [-0.15, -0.1) is 0 Å². The first-order valence-electron chi connectivity index (χ1n) is 12.0. The van der Waals surface area contributed by atoms with E-state index in [0.717, 1.165) is 6.42 Å². The van der Waals surface area contributed by atoms with Gasteiger partial charge < -0.3 is 25.6 Å². The number of hydrogen-bond donors (Lipinski definition) is 2. The van der Waals surface area contributed by atoms with Crippen molar-refractivity contribution in [2.24, 2.45) is 0 Å². The summed E-state index contributed by atoms with van der Waals surface area (Å²) in [5.41, 5.74) is 8.92. The Morgan fingerprint density at radius 1 is 1.06 bits per heavy atom. The predicted octanol–water partition coefficient (Wildman–Crippen LogP) is 4.69. The molecule has 8 heteroatoms. The van der Waals surface area contributed by atoms with Crippen molar-refractivity contribution in [3.05, 3.63) is 78.1 Å². The van der Waals surface area contributed by atoms with E-state index in [1.165, 1.54) is 17.5 Å². The summed E-state index contributed by atoms with van der Waals surface area (Å²) in [5.74, 6) is 1.26. The molecule has 1 amide bonds. The summed E-state index contributed by atoms with van der Waals surface area (Å²) in [4.78, 5) is 25.3. The zero-order valence-electron chi connectivity index (χ0n) is 20.6. The highest BCUT2D eigenvalue weighted by molar-refractivity contribution is 5.75. The molecule has 2 aromatic carbocycles. The Balaban J connectivity index is 1.51. The summed E-state index contributed by atoms with van der Waals surface area (Å²) >= 11 is 0. The van der Waals surface area contributed by atoms with Crippen LogP contribution in [0.25, 0.3) is 0 Å². The number of hydrogen-bond acceptors (Lipinski definition) is 7. The molecule has 1 aliphatic heterocycles. The van der Waals surface area contributed by atoms with E-state index in [-0.39, 0.29) is 12.1 Å². The minimum absolute atomic E-state index is 0.0317. The van der Waals surface area contributed by atoms with Crippen LogP contribution in [0.5, 0.6) is 0 Å². The number of amides is 1. The van der Waals surface area contributed by atoms with Crippen molar-refractivity contribution < 1.29 is 9.53 Å². The highest BCUT2D eigenvalue weighted by atomic mass is 16.6. The lowest BCUT2D eigenvalue weighted by molar-refractivity contribution is 0.0293. The van der Waals surface area contributed by atoms with Gasteiger partial charge in [-0.25, -0.2) is 14.8 Å². The molecule has 0 bridgehead atoms. The number of nitrogens with zero attached hydrogens (tertiary/aromatic N) is 4. The lowest BCUT2D eigenvalue weighted by Gasteiger charge is -2.27. The van der Waals surface area contributed by atoms with Crippen LogP contribution in [0.3, 0.4) is 0 Å². The molecule has 1 aromatic heterocycles. The van der Waals surface area contributed by atoms with E-state index < -0.39 is 5.60 Å². The number of rotatable bonds is 7. The molecule has 4 rings (SSSR count). The molecule has 184 valence electrons. The second-order valence-electron chi connectivity index (χ2n) is 9.84. The second kappa shape index (κ2) is 10.6. The van der Waals surface area contributed by atoms with Crippen LogP contribution in [0.15, 0.2) is 67.0 Å². The lowest BCUT2D eigenvalue weighted by atomic mass is 10.1. The van der Waals surface area contributed by atoms with Crippen LogP contribution in [0, 0.1) is 0 Å². The Morgan fingerprint density at radius 2 is 1.66 bits per heavy atom. The first kappa shape index (κ1) is 24.3. The fraction of sp³-hybridized carbons (Fsp3) is 0.370. The predicted molar refractivity (Wildman–Crippen MR) is 139 cm³/mol. The van der Waals surface area contributed by atoms with Gasteiger partial charge in [-0.2, -0.15) is 0 Å². The number of ether oxygens (including phenoxy) is 1. The maximum Gasteiger partial charge on any atom is 0.410 e. The summed E-state index contributed by atoms with van der Waals surface area (Å²) in [7, 11) is 0. The molecule has 1 saturated heterocycles. The van der Waals surface area contributed by atoms with Crippen LogP contribution >= 0.6 is 0 Å². The van der Waals surface area contributed by atoms with E-state index >= 15 is 0 Å². The number of carbonyl (C=O) groups is 1. The van der Waals surface area contributed by atoms with Gasteiger partial charge >= 0.3 is 6.09 Å². The fourth-order valence-electron chi connectivity index (χ4n) is 4.13. The maximum atomic E-state index is 12.4. The first-order chi connectivity index (χ1) is 16.8. The molecular weight excluding hydrogens is 440 g/mol. The number of benzene rings is 2. The topological polar surface area (TPSA) is 96.6 Å². The van der Waals surface area contributed by atoms with Gasteiger partial charge in [0.15, 0.2) is 11.6 Å². The SMILES string of the molecule is CC(C)(C)OC(=O)N1CC[C@@H](Nc2ncnc(N(Cc3ccccc3)Cc3ccccc3)c2N)C1. The van der Waals surface area contributed by atoms with E-state index in [1.807, 2.05) is 57.2 Å². The van der Waals surface area contributed by atoms with E-state index in [9.17, 15) is 4.79 Å². The Hall–Kier alpha value is -3.81. The number of nitrogens with one attached hydrogen (secondary N) is 1. The largest absolute Gasteiger partial charge is 0.444 e. The Labute approximate surface area is 207 Å². The van der Waals surface area contributed by atoms with Gasteiger partial charge in [0.2, 0.25) is 0 Å². The van der Waals surface area contributed by atoms with Crippen LogP contribution in [0.1, 0.15) is 38.3 Å². The fourth-order valence-corrected chi connectivity index (χ4v) is 4.13. The maximum absolute atomic E-state index is 12.4. The first-order valence-corrected chi connectivity index (χ1v) is 12.0. The molecule has 0 unspecified atom stereocenters. The van der Waals surface area contributed by atoms with E-state index in [4.69, 9.17) is 10.5 Å². The van der Waals surface area contributed by atoms with Crippen LogP contribution in [0.4, 0.5) is 22.1 Å². The van der Waals surface area contributed by atoms with Crippen LogP contribution in [0.2, 0.25) is 0 Å². The number of nitrogens with two attached hydrogens (primary N) is 1. The summed E-state index contributed by atoms with van der Waals surface area (Å²) < 4.78 is 5.51. The molecule has 0 aliphatic carbocycles. The van der Waals surface area contributed by atoms with Gasteiger partial charge in [-0.1, -0.05) is 60.7 Å². The van der Waals surface area contributed by atoms with Gasteiger partial charge in [0.25, 0.3) is 0 Å². The van der Waals surface area contributed by atoms with E-state index in [1.54, 1.807) is 4.90 Å². The zero-order chi connectivity index (χ0) is 24.8.